The van der Waals surface area contributed by atoms with Crippen LogP contribution in [0, 0.1) is 11.3 Å². The van der Waals surface area contributed by atoms with Gasteiger partial charge in [0.2, 0.25) is 0 Å². The zero-order valence-electron chi connectivity index (χ0n) is 15.5. The van der Waals surface area contributed by atoms with E-state index < -0.39 is 11.7 Å². The number of H-pyrrole nitrogens is 1. The normalized spacial score (nSPS) is 11.4. The monoisotopic (exact) mass is 419 g/mol. The van der Waals surface area contributed by atoms with E-state index in [0.717, 1.165) is 0 Å². The lowest BCUT2D eigenvalue weighted by Crippen LogP contribution is -2.34. The number of carbonyl (C=O) groups excluding carboxylic acids is 1. The molecule has 3 heterocycles. The van der Waals surface area contributed by atoms with Crippen molar-refractivity contribution in [1.29, 1.82) is 5.26 Å². The second kappa shape index (κ2) is 7.66. The fourth-order valence-electron chi connectivity index (χ4n) is 2.80. The summed E-state index contributed by atoms with van der Waals surface area (Å²) in [5.41, 5.74) is 0.329. The van der Waals surface area contributed by atoms with Crippen molar-refractivity contribution in [3.63, 3.8) is 0 Å². The minimum absolute atomic E-state index is 0.188. The Morgan fingerprint density at radius 3 is 2.86 bits per heavy atom. The van der Waals surface area contributed by atoms with Crippen molar-refractivity contribution >= 4 is 40.1 Å². The Morgan fingerprint density at radius 2 is 2.25 bits per heavy atom. The number of nitrogens with zero attached hydrogens (tertiary/aromatic N) is 3. The minimum atomic E-state index is -0.616. The maximum atomic E-state index is 12.5. The molecule has 0 spiro atoms. The summed E-state index contributed by atoms with van der Waals surface area (Å²) in [5.74, 6) is 0. The van der Waals surface area contributed by atoms with Crippen molar-refractivity contribution < 1.29 is 9.53 Å². The van der Waals surface area contributed by atoms with Crippen LogP contribution in [0.3, 0.4) is 0 Å². The highest BCUT2D eigenvalue weighted by Crippen LogP contribution is 2.38. The van der Waals surface area contributed by atoms with Gasteiger partial charge in [-0.3, -0.25) is 4.79 Å². The molecule has 0 unspecified atom stereocenters. The molecule has 0 radical (unpaired) electrons. The SMILES string of the molecule is CC(C)(C)OC(=O)NCCn1c(-c2sccc2Cl)c(C#N)c2nc[nH]c(=O)c21. The van der Waals surface area contributed by atoms with Gasteiger partial charge in [0.15, 0.2) is 0 Å². The molecule has 0 saturated heterocycles. The van der Waals surface area contributed by atoms with Crippen LogP contribution >= 0.6 is 22.9 Å². The molecule has 0 atom stereocenters. The first-order valence-corrected chi connectivity index (χ1v) is 9.69. The standard InChI is InChI=1S/C18H18ClN5O3S/c1-18(2,3)27-17(26)21-5-6-24-13(15-11(19)4-7-28-15)10(8-20)12-14(24)16(25)23-9-22-12/h4,7,9H,5-6H2,1-3H3,(H,21,26)(H,22,23,25). The average molecular weight is 420 g/mol. The zero-order chi connectivity index (χ0) is 20.5. The number of aromatic nitrogens is 3. The average Bonchev–Trinajstić information content (AvgIpc) is 3.14. The van der Waals surface area contributed by atoms with Crippen LogP contribution in [0.4, 0.5) is 4.79 Å². The molecule has 0 fully saturated rings. The van der Waals surface area contributed by atoms with Crippen LogP contribution in [0.15, 0.2) is 22.6 Å². The third kappa shape index (κ3) is 3.88. The number of hydrogen-bond donors (Lipinski definition) is 2. The van der Waals surface area contributed by atoms with Crippen molar-refractivity contribution in [2.75, 3.05) is 6.54 Å². The summed E-state index contributed by atoms with van der Waals surface area (Å²) in [5, 5.41) is 14.6. The van der Waals surface area contributed by atoms with Crippen LogP contribution in [0.1, 0.15) is 26.3 Å². The number of nitrogens with one attached hydrogen (secondary N) is 2. The van der Waals surface area contributed by atoms with Crippen LogP contribution in [-0.2, 0) is 11.3 Å². The largest absolute Gasteiger partial charge is 0.444 e. The molecular weight excluding hydrogens is 402 g/mol. The van der Waals surface area contributed by atoms with E-state index in [1.54, 1.807) is 36.8 Å². The zero-order valence-corrected chi connectivity index (χ0v) is 17.1. The quantitative estimate of drug-likeness (QED) is 0.671. The number of alkyl carbamates (subject to hydrolysis) is 1. The molecule has 10 heteroatoms. The predicted octanol–water partition coefficient (Wildman–Crippen LogP) is 3.50. The van der Waals surface area contributed by atoms with Crippen LogP contribution in [-0.4, -0.2) is 32.8 Å². The number of hydrogen-bond acceptors (Lipinski definition) is 6. The number of halogens is 1. The third-order valence-corrected chi connectivity index (χ3v) is 5.14. The minimum Gasteiger partial charge on any atom is -0.444 e. The number of fused-ring (bicyclic) bond motifs is 1. The molecule has 2 N–H and O–H groups in total. The number of amides is 1. The Balaban J connectivity index is 2.04. The molecule has 3 aromatic heterocycles. The van der Waals surface area contributed by atoms with Gasteiger partial charge in [0.1, 0.15) is 28.3 Å². The first-order valence-electron chi connectivity index (χ1n) is 8.43. The highest BCUT2D eigenvalue weighted by molar-refractivity contribution is 7.14. The molecule has 0 aliphatic carbocycles. The lowest BCUT2D eigenvalue weighted by Gasteiger charge is -2.20. The molecule has 146 valence electrons. The van der Waals surface area contributed by atoms with E-state index in [-0.39, 0.29) is 29.7 Å². The Kier molecular flexibility index (Phi) is 5.45. The fourth-order valence-corrected chi connectivity index (χ4v) is 4.00. The summed E-state index contributed by atoms with van der Waals surface area (Å²) < 4.78 is 6.89. The van der Waals surface area contributed by atoms with E-state index in [4.69, 9.17) is 16.3 Å². The van der Waals surface area contributed by atoms with Gasteiger partial charge in [0.25, 0.3) is 5.56 Å². The van der Waals surface area contributed by atoms with Gasteiger partial charge in [-0.25, -0.2) is 9.78 Å². The topological polar surface area (TPSA) is 113 Å². The van der Waals surface area contributed by atoms with Gasteiger partial charge in [-0.05, 0) is 32.2 Å². The lowest BCUT2D eigenvalue weighted by molar-refractivity contribution is 0.0526. The van der Waals surface area contributed by atoms with Gasteiger partial charge < -0.3 is 19.6 Å². The Hall–Kier alpha value is -2.83. The molecule has 0 saturated carbocycles. The van der Waals surface area contributed by atoms with Gasteiger partial charge in [-0.15, -0.1) is 11.3 Å². The maximum Gasteiger partial charge on any atom is 0.407 e. The number of carbonyl (C=O) groups is 1. The van der Waals surface area contributed by atoms with E-state index in [0.29, 0.717) is 21.1 Å². The second-order valence-corrected chi connectivity index (χ2v) is 8.27. The van der Waals surface area contributed by atoms with Crippen LogP contribution in [0.2, 0.25) is 5.02 Å². The number of rotatable bonds is 4. The van der Waals surface area contributed by atoms with Crippen molar-refractivity contribution in [2.45, 2.75) is 32.9 Å². The summed E-state index contributed by atoms with van der Waals surface area (Å²) >= 11 is 7.65. The number of aromatic amines is 1. The first-order chi connectivity index (χ1) is 13.2. The molecule has 1 amide bonds. The molecule has 28 heavy (non-hydrogen) atoms. The van der Waals surface area contributed by atoms with E-state index >= 15 is 0 Å². The van der Waals surface area contributed by atoms with Gasteiger partial charge >= 0.3 is 6.09 Å². The summed E-state index contributed by atoms with van der Waals surface area (Å²) in [7, 11) is 0. The van der Waals surface area contributed by atoms with Gasteiger partial charge in [0, 0.05) is 13.1 Å². The van der Waals surface area contributed by atoms with E-state index in [1.807, 2.05) is 0 Å². The molecule has 8 nitrogen and oxygen atoms in total. The van der Waals surface area contributed by atoms with Crippen LogP contribution in [0.25, 0.3) is 21.6 Å². The van der Waals surface area contributed by atoms with E-state index in [2.05, 4.69) is 21.4 Å². The van der Waals surface area contributed by atoms with E-state index in [1.165, 1.54) is 17.7 Å². The van der Waals surface area contributed by atoms with Crippen molar-refractivity contribution in [1.82, 2.24) is 19.9 Å². The van der Waals surface area contributed by atoms with Crippen molar-refractivity contribution in [3.8, 4) is 16.6 Å². The van der Waals surface area contributed by atoms with Crippen molar-refractivity contribution in [2.24, 2.45) is 0 Å². The van der Waals surface area contributed by atoms with E-state index in [9.17, 15) is 14.9 Å². The smallest absolute Gasteiger partial charge is 0.407 e. The fraction of sp³-hybridized carbons (Fsp3) is 0.333. The summed E-state index contributed by atoms with van der Waals surface area (Å²) in [6.45, 7) is 5.73. The highest BCUT2D eigenvalue weighted by Gasteiger charge is 2.24. The van der Waals surface area contributed by atoms with Gasteiger partial charge in [-0.2, -0.15) is 5.26 Å². The molecule has 0 aromatic carbocycles. The molecule has 3 rings (SSSR count). The molecule has 0 aliphatic rings. The lowest BCUT2D eigenvalue weighted by atomic mass is 10.2. The Morgan fingerprint density at radius 1 is 1.50 bits per heavy atom. The summed E-state index contributed by atoms with van der Waals surface area (Å²) in [6, 6.07) is 3.86. The summed E-state index contributed by atoms with van der Waals surface area (Å²) in [6.07, 6.45) is 0.696. The van der Waals surface area contributed by atoms with Crippen molar-refractivity contribution in [3.05, 3.63) is 38.7 Å². The van der Waals surface area contributed by atoms with Gasteiger partial charge in [0.05, 0.1) is 21.9 Å². The number of ether oxygens (including phenoxy) is 1. The highest BCUT2D eigenvalue weighted by atomic mass is 35.5. The second-order valence-electron chi connectivity index (χ2n) is 6.94. The molecule has 0 bridgehead atoms. The number of thiophene rings is 1. The molecule has 3 aromatic rings. The predicted molar refractivity (Wildman–Crippen MR) is 108 cm³/mol. The first kappa shape index (κ1) is 19.9. The molecular formula is C18H18ClN5O3S. The van der Waals surface area contributed by atoms with Crippen LogP contribution in [0.5, 0.6) is 0 Å². The third-order valence-electron chi connectivity index (χ3n) is 3.79. The maximum absolute atomic E-state index is 12.5. The van der Waals surface area contributed by atoms with Gasteiger partial charge in [-0.1, -0.05) is 11.6 Å². The summed E-state index contributed by atoms with van der Waals surface area (Å²) in [4.78, 5) is 31.7. The number of nitriles is 1. The Bertz CT molecular complexity index is 1130. The Labute approximate surface area is 169 Å². The van der Waals surface area contributed by atoms with Crippen LogP contribution < -0.4 is 10.9 Å². The molecule has 0 aliphatic heterocycles.